The lowest BCUT2D eigenvalue weighted by molar-refractivity contribution is 0.414. The molecule has 0 fully saturated rings. The number of hydrogen-bond acceptors (Lipinski definition) is 6. The van der Waals surface area contributed by atoms with Crippen molar-refractivity contribution in [3.63, 3.8) is 0 Å². The van der Waals surface area contributed by atoms with Crippen molar-refractivity contribution in [3.05, 3.63) is 100 Å². The van der Waals surface area contributed by atoms with E-state index in [1.807, 2.05) is 54.6 Å². The topological polar surface area (TPSA) is 71.7 Å². The summed E-state index contributed by atoms with van der Waals surface area (Å²) in [5, 5.41) is 14.7. The highest BCUT2D eigenvalue weighted by Crippen LogP contribution is 2.45. The van der Waals surface area contributed by atoms with E-state index in [-0.39, 0.29) is 16.6 Å². The van der Waals surface area contributed by atoms with E-state index < -0.39 is 5.63 Å². The second-order valence-electron chi connectivity index (χ2n) is 7.12. The van der Waals surface area contributed by atoms with Crippen LogP contribution in [0.25, 0.3) is 16.7 Å². The standard InChI is InChI=1S/C25H19NO4S/c1-29-16-12-10-15(11-13-16)22-14-19(26-18-7-3-5-9-21(18)31-22)23-24(27)17-6-2-4-8-20(17)30-25(23)28/h2-14,22,26-27H,1H3. The van der Waals surface area contributed by atoms with E-state index >= 15 is 0 Å². The lowest BCUT2D eigenvalue weighted by Crippen LogP contribution is -2.12. The number of anilines is 1. The first-order chi connectivity index (χ1) is 15.1. The third kappa shape index (κ3) is 3.55. The van der Waals surface area contributed by atoms with Crippen LogP contribution in [-0.4, -0.2) is 12.2 Å². The average Bonchev–Trinajstić information content (AvgIpc) is 2.99. The van der Waals surface area contributed by atoms with Crippen molar-refractivity contribution in [2.75, 3.05) is 12.4 Å². The molecule has 0 bridgehead atoms. The van der Waals surface area contributed by atoms with Crippen LogP contribution in [0, 0.1) is 0 Å². The fourth-order valence-corrected chi connectivity index (χ4v) is 4.83. The van der Waals surface area contributed by atoms with Crippen molar-refractivity contribution >= 4 is 34.1 Å². The van der Waals surface area contributed by atoms with Crippen molar-refractivity contribution in [1.82, 2.24) is 0 Å². The first kappa shape index (κ1) is 19.3. The molecule has 1 aliphatic rings. The van der Waals surface area contributed by atoms with Gasteiger partial charge in [-0.05, 0) is 48.0 Å². The summed E-state index contributed by atoms with van der Waals surface area (Å²) in [7, 11) is 1.63. The Balaban J connectivity index is 1.70. The molecule has 0 radical (unpaired) electrons. The molecule has 1 aliphatic heterocycles. The number of nitrogens with one attached hydrogen (secondary N) is 1. The lowest BCUT2D eigenvalue weighted by atomic mass is 10.1. The highest BCUT2D eigenvalue weighted by Gasteiger charge is 2.24. The summed E-state index contributed by atoms with van der Waals surface area (Å²) in [6.07, 6.45) is 1.95. The second-order valence-corrected chi connectivity index (χ2v) is 8.31. The SMILES string of the molecule is COc1ccc(C2C=C(c3c(O)c4ccccc4oc3=O)Nc3ccccc3S2)cc1. The quantitative estimate of drug-likeness (QED) is 0.401. The summed E-state index contributed by atoms with van der Waals surface area (Å²) in [4.78, 5) is 13.9. The van der Waals surface area contributed by atoms with Crippen LogP contribution in [-0.2, 0) is 0 Å². The molecule has 5 nitrogen and oxygen atoms in total. The van der Waals surface area contributed by atoms with Gasteiger partial charge in [-0.1, -0.05) is 36.4 Å². The minimum Gasteiger partial charge on any atom is -0.506 e. The van der Waals surface area contributed by atoms with Gasteiger partial charge >= 0.3 is 5.63 Å². The van der Waals surface area contributed by atoms with Gasteiger partial charge in [-0.3, -0.25) is 0 Å². The summed E-state index contributed by atoms with van der Waals surface area (Å²) in [6.45, 7) is 0. The van der Waals surface area contributed by atoms with Crippen molar-refractivity contribution in [2.24, 2.45) is 0 Å². The summed E-state index contributed by atoms with van der Waals surface area (Å²) in [6, 6.07) is 22.7. The Morgan fingerprint density at radius 1 is 1.00 bits per heavy atom. The van der Waals surface area contributed by atoms with Gasteiger partial charge in [-0.15, -0.1) is 11.8 Å². The maximum Gasteiger partial charge on any atom is 0.349 e. The molecule has 1 unspecified atom stereocenters. The third-order valence-electron chi connectivity index (χ3n) is 5.23. The molecule has 0 aliphatic carbocycles. The number of benzene rings is 3. The van der Waals surface area contributed by atoms with E-state index in [1.165, 1.54) is 0 Å². The van der Waals surface area contributed by atoms with Gasteiger partial charge in [0, 0.05) is 4.90 Å². The highest BCUT2D eigenvalue weighted by atomic mass is 32.2. The molecule has 0 saturated heterocycles. The second kappa shape index (κ2) is 7.89. The fourth-order valence-electron chi connectivity index (χ4n) is 3.66. The molecule has 6 heteroatoms. The first-order valence-corrected chi connectivity index (χ1v) is 10.7. The Labute approximate surface area is 183 Å². The molecule has 2 N–H and O–H groups in total. The van der Waals surface area contributed by atoms with Gasteiger partial charge in [0.1, 0.15) is 22.6 Å². The Morgan fingerprint density at radius 3 is 2.55 bits per heavy atom. The molecule has 1 aromatic heterocycles. The smallest absolute Gasteiger partial charge is 0.349 e. The predicted molar refractivity (Wildman–Crippen MR) is 124 cm³/mol. The number of ether oxygens (including phenoxy) is 1. The van der Waals surface area contributed by atoms with Gasteiger partial charge in [0.2, 0.25) is 0 Å². The molecule has 0 saturated carbocycles. The summed E-state index contributed by atoms with van der Waals surface area (Å²) in [5.74, 6) is 0.682. The molecule has 4 aromatic rings. The van der Waals surface area contributed by atoms with E-state index in [2.05, 4.69) is 5.32 Å². The number of thioether (sulfide) groups is 1. The lowest BCUT2D eigenvalue weighted by Gasteiger charge is -2.13. The molecule has 1 atom stereocenters. The molecule has 5 rings (SSSR count). The third-order valence-corrected chi connectivity index (χ3v) is 6.50. The van der Waals surface area contributed by atoms with Crippen molar-refractivity contribution in [3.8, 4) is 11.5 Å². The monoisotopic (exact) mass is 429 g/mol. The number of rotatable bonds is 3. The van der Waals surface area contributed by atoms with Crippen LogP contribution in [0.3, 0.4) is 0 Å². The van der Waals surface area contributed by atoms with Crippen LogP contribution < -0.4 is 15.7 Å². The van der Waals surface area contributed by atoms with Crippen LogP contribution in [0.15, 0.2) is 93.0 Å². The van der Waals surface area contributed by atoms with Crippen LogP contribution in [0.4, 0.5) is 5.69 Å². The Hall–Kier alpha value is -3.64. The maximum atomic E-state index is 12.9. The van der Waals surface area contributed by atoms with E-state index in [1.54, 1.807) is 43.1 Å². The Morgan fingerprint density at radius 2 is 1.74 bits per heavy atom. The largest absolute Gasteiger partial charge is 0.506 e. The molecule has 154 valence electrons. The zero-order valence-electron chi connectivity index (χ0n) is 16.7. The summed E-state index contributed by atoms with van der Waals surface area (Å²) < 4.78 is 10.8. The molecule has 2 heterocycles. The molecule has 3 aromatic carbocycles. The fraction of sp³-hybridized carbons (Fsp3) is 0.0800. The van der Waals surface area contributed by atoms with Crippen LogP contribution in [0.1, 0.15) is 16.4 Å². The molecular weight excluding hydrogens is 410 g/mol. The van der Waals surface area contributed by atoms with Gasteiger partial charge < -0.3 is 19.6 Å². The van der Waals surface area contributed by atoms with Crippen molar-refractivity contribution in [1.29, 1.82) is 0 Å². The number of fused-ring (bicyclic) bond motifs is 2. The van der Waals surface area contributed by atoms with Gasteiger partial charge in [0.05, 0.1) is 29.1 Å². The van der Waals surface area contributed by atoms with E-state index in [0.29, 0.717) is 16.7 Å². The predicted octanol–water partition coefficient (Wildman–Crippen LogP) is 5.81. The first-order valence-electron chi connectivity index (χ1n) is 9.77. The van der Waals surface area contributed by atoms with Gasteiger partial charge in [0.15, 0.2) is 0 Å². The zero-order chi connectivity index (χ0) is 21.4. The van der Waals surface area contributed by atoms with E-state index in [4.69, 9.17) is 9.15 Å². The van der Waals surface area contributed by atoms with Crippen LogP contribution >= 0.6 is 11.8 Å². The normalized spacial score (nSPS) is 15.5. The summed E-state index contributed by atoms with van der Waals surface area (Å²) in [5.41, 5.74) is 2.30. The Bertz CT molecular complexity index is 1360. The van der Waals surface area contributed by atoms with E-state index in [9.17, 15) is 9.90 Å². The van der Waals surface area contributed by atoms with Crippen LogP contribution in [0.5, 0.6) is 11.5 Å². The van der Waals surface area contributed by atoms with Gasteiger partial charge in [-0.25, -0.2) is 4.79 Å². The van der Waals surface area contributed by atoms with Crippen molar-refractivity contribution in [2.45, 2.75) is 10.1 Å². The zero-order valence-corrected chi connectivity index (χ0v) is 17.5. The van der Waals surface area contributed by atoms with Gasteiger partial charge in [-0.2, -0.15) is 0 Å². The van der Waals surface area contributed by atoms with Crippen LogP contribution in [0.2, 0.25) is 0 Å². The minimum atomic E-state index is -0.590. The Kier molecular flexibility index (Phi) is 4.92. The van der Waals surface area contributed by atoms with Crippen molar-refractivity contribution < 1.29 is 14.3 Å². The highest BCUT2D eigenvalue weighted by molar-refractivity contribution is 7.99. The number of para-hydroxylation sites is 2. The van der Waals surface area contributed by atoms with Gasteiger partial charge in [0.25, 0.3) is 0 Å². The molecule has 0 spiro atoms. The molecular formula is C25H19NO4S. The number of aromatic hydroxyl groups is 1. The summed E-state index contributed by atoms with van der Waals surface area (Å²) >= 11 is 1.66. The number of hydrogen-bond donors (Lipinski definition) is 2. The minimum absolute atomic E-state index is 0.0940. The number of methoxy groups -OCH3 is 1. The van der Waals surface area contributed by atoms with E-state index in [0.717, 1.165) is 21.9 Å². The molecule has 31 heavy (non-hydrogen) atoms. The average molecular weight is 429 g/mol. The molecule has 0 amide bonds. The maximum absolute atomic E-state index is 12.9.